The molecule has 2 aliphatic heterocycles. The molecule has 3 aromatic carbocycles. The minimum atomic E-state index is -0.450. The van der Waals surface area contributed by atoms with Crippen LogP contribution in [0.1, 0.15) is 42.3 Å². The predicted molar refractivity (Wildman–Crippen MR) is 129 cm³/mol. The van der Waals surface area contributed by atoms with E-state index in [-0.39, 0.29) is 6.04 Å². The van der Waals surface area contributed by atoms with Crippen molar-refractivity contribution in [3.05, 3.63) is 77.4 Å². The number of hydrazone groups is 1. The highest BCUT2D eigenvalue weighted by Gasteiger charge is 2.42. The summed E-state index contributed by atoms with van der Waals surface area (Å²) in [6, 6.07) is 19.9. The Balaban J connectivity index is 1.57. The number of nitrogens with zero attached hydrogens (tertiary/aromatic N) is 2. The van der Waals surface area contributed by atoms with Crippen LogP contribution in [0.4, 0.5) is 0 Å². The number of methoxy groups -OCH3 is 3. The molecule has 0 saturated heterocycles. The molecular weight excluding hydrogens is 432 g/mol. The van der Waals surface area contributed by atoms with Crippen LogP contribution in [0, 0.1) is 0 Å². The second kappa shape index (κ2) is 9.17. The lowest BCUT2D eigenvalue weighted by Gasteiger charge is -2.38. The molecule has 34 heavy (non-hydrogen) atoms. The lowest BCUT2D eigenvalue weighted by Crippen LogP contribution is -2.33. The van der Waals surface area contributed by atoms with Crippen LogP contribution in [-0.2, 0) is 0 Å². The molecule has 7 heteroatoms. The SMILES string of the molecule is CCOc1ccc(C2=NN3[C@@H](c4ccc(OC)c(OC)c4)Oc4c(OC)cccc4[C@@H]3C2)cc1. The van der Waals surface area contributed by atoms with Crippen molar-refractivity contribution in [3.8, 4) is 28.7 Å². The smallest absolute Gasteiger partial charge is 0.214 e. The highest BCUT2D eigenvalue weighted by Crippen LogP contribution is 2.51. The molecule has 0 N–H and O–H groups in total. The second-order valence-electron chi connectivity index (χ2n) is 8.07. The Morgan fingerprint density at radius 3 is 2.38 bits per heavy atom. The number of rotatable bonds is 7. The lowest BCUT2D eigenvalue weighted by atomic mass is 9.95. The van der Waals surface area contributed by atoms with E-state index in [4.69, 9.17) is 28.8 Å². The average Bonchev–Trinajstić information content (AvgIpc) is 3.34. The van der Waals surface area contributed by atoms with E-state index in [0.29, 0.717) is 23.9 Å². The topological polar surface area (TPSA) is 61.8 Å². The lowest BCUT2D eigenvalue weighted by molar-refractivity contribution is -0.0210. The third-order valence-corrected chi connectivity index (χ3v) is 6.19. The van der Waals surface area contributed by atoms with Crippen LogP contribution in [0.2, 0.25) is 0 Å². The van der Waals surface area contributed by atoms with Crippen LogP contribution >= 0.6 is 0 Å². The molecule has 0 fully saturated rings. The van der Waals surface area contributed by atoms with E-state index >= 15 is 0 Å². The molecule has 176 valence electrons. The Labute approximate surface area is 199 Å². The Bertz CT molecular complexity index is 1210. The van der Waals surface area contributed by atoms with E-state index in [1.54, 1.807) is 21.3 Å². The van der Waals surface area contributed by atoms with Gasteiger partial charge < -0.3 is 23.7 Å². The van der Waals surface area contributed by atoms with Crippen molar-refractivity contribution in [2.24, 2.45) is 5.10 Å². The highest BCUT2D eigenvalue weighted by atomic mass is 16.5. The van der Waals surface area contributed by atoms with Gasteiger partial charge in [0.25, 0.3) is 0 Å². The fraction of sp³-hybridized carbons (Fsp3) is 0.296. The van der Waals surface area contributed by atoms with E-state index in [9.17, 15) is 0 Å². The van der Waals surface area contributed by atoms with Gasteiger partial charge >= 0.3 is 0 Å². The highest BCUT2D eigenvalue weighted by molar-refractivity contribution is 6.02. The molecule has 7 nitrogen and oxygen atoms in total. The molecule has 0 bridgehead atoms. The Morgan fingerprint density at radius 2 is 1.68 bits per heavy atom. The van der Waals surface area contributed by atoms with E-state index in [0.717, 1.165) is 40.3 Å². The summed E-state index contributed by atoms with van der Waals surface area (Å²) < 4.78 is 28.7. The molecule has 2 atom stereocenters. The molecule has 0 saturated carbocycles. The quantitative estimate of drug-likeness (QED) is 0.474. The zero-order valence-electron chi connectivity index (χ0n) is 19.8. The standard InChI is InChI=1S/C27H28N2O5/c1-5-33-19-12-9-17(10-13-19)21-16-22-20-7-6-8-24(31-3)26(20)34-27(29(22)28-21)18-11-14-23(30-2)25(15-18)32-4/h6-15,22,27H,5,16H2,1-4H3/t22-,27+/m0/s1. The first-order chi connectivity index (χ1) is 16.7. The van der Waals surface area contributed by atoms with Gasteiger partial charge in [-0.15, -0.1) is 0 Å². The fourth-order valence-corrected chi connectivity index (χ4v) is 4.56. The summed E-state index contributed by atoms with van der Waals surface area (Å²) in [5.41, 5.74) is 4.03. The van der Waals surface area contributed by atoms with Crippen molar-refractivity contribution < 1.29 is 23.7 Å². The molecule has 3 aromatic rings. The van der Waals surface area contributed by atoms with Crippen LogP contribution < -0.4 is 23.7 Å². The zero-order valence-corrected chi connectivity index (χ0v) is 19.8. The van der Waals surface area contributed by atoms with Gasteiger partial charge in [-0.1, -0.05) is 12.1 Å². The number of hydrogen-bond donors (Lipinski definition) is 0. The molecule has 0 spiro atoms. The van der Waals surface area contributed by atoms with Gasteiger partial charge in [0.15, 0.2) is 23.0 Å². The Hall–Kier alpha value is -3.87. The average molecular weight is 461 g/mol. The summed E-state index contributed by atoms with van der Waals surface area (Å²) in [5, 5.41) is 7.07. The summed E-state index contributed by atoms with van der Waals surface area (Å²) in [4.78, 5) is 0. The van der Waals surface area contributed by atoms with E-state index in [1.807, 2.05) is 54.4 Å². The number of benzene rings is 3. The third kappa shape index (κ3) is 3.77. The first-order valence-electron chi connectivity index (χ1n) is 11.3. The third-order valence-electron chi connectivity index (χ3n) is 6.19. The first-order valence-corrected chi connectivity index (χ1v) is 11.3. The summed E-state index contributed by atoms with van der Waals surface area (Å²) >= 11 is 0. The normalized spacial score (nSPS) is 18.4. The molecule has 2 aliphatic rings. The molecule has 5 rings (SSSR count). The maximum Gasteiger partial charge on any atom is 0.214 e. The van der Waals surface area contributed by atoms with Gasteiger partial charge in [-0.3, -0.25) is 0 Å². The Morgan fingerprint density at radius 1 is 0.912 bits per heavy atom. The summed E-state index contributed by atoms with van der Waals surface area (Å²) in [6.07, 6.45) is 0.301. The molecule has 0 aromatic heterocycles. The van der Waals surface area contributed by atoms with Crippen molar-refractivity contribution in [2.75, 3.05) is 27.9 Å². The molecular formula is C27H28N2O5. The van der Waals surface area contributed by atoms with Crippen LogP contribution in [0.5, 0.6) is 28.7 Å². The van der Waals surface area contributed by atoms with Crippen molar-refractivity contribution >= 4 is 5.71 Å². The number of ether oxygens (including phenoxy) is 5. The zero-order chi connectivity index (χ0) is 23.7. The number of fused-ring (bicyclic) bond motifs is 3. The van der Waals surface area contributed by atoms with Crippen molar-refractivity contribution in [1.82, 2.24) is 5.01 Å². The molecule has 0 amide bonds. The van der Waals surface area contributed by atoms with Gasteiger partial charge in [0, 0.05) is 17.5 Å². The molecule has 0 radical (unpaired) electrons. The monoisotopic (exact) mass is 460 g/mol. The summed E-state index contributed by atoms with van der Waals surface area (Å²) in [6.45, 7) is 2.62. The van der Waals surface area contributed by atoms with Gasteiger partial charge in [-0.25, -0.2) is 5.01 Å². The van der Waals surface area contributed by atoms with Gasteiger partial charge in [-0.05, 0) is 61.0 Å². The van der Waals surface area contributed by atoms with Crippen molar-refractivity contribution in [1.29, 1.82) is 0 Å². The van der Waals surface area contributed by atoms with Crippen LogP contribution in [-0.4, -0.2) is 38.7 Å². The Kier molecular flexibility index (Phi) is 5.92. The first kappa shape index (κ1) is 21.9. The predicted octanol–water partition coefficient (Wildman–Crippen LogP) is 5.35. The largest absolute Gasteiger partial charge is 0.494 e. The van der Waals surface area contributed by atoms with E-state index in [1.165, 1.54) is 0 Å². The maximum atomic E-state index is 6.54. The summed E-state index contributed by atoms with van der Waals surface area (Å²) in [5.74, 6) is 3.60. The number of para-hydroxylation sites is 1. The van der Waals surface area contributed by atoms with Gasteiger partial charge in [0.1, 0.15) is 5.75 Å². The van der Waals surface area contributed by atoms with Crippen LogP contribution in [0.3, 0.4) is 0 Å². The summed E-state index contributed by atoms with van der Waals surface area (Å²) in [7, 11) is 4.91. The van der Waals surface area contributed by atoms with Crippen LogP contribution in [0.15, 0.2) is 65.8 Å². The molecule has 0 unspecified atom stereocenters. The minimum absolute atomic E-state index is 0.0125. The van der Waals surface area contributed by atoms with Crippen molar-refractivity contribution in [3.63, 3.8) is 0 Å². The van der Waals surface area contributed by atoms with Crippen molar-refractivity contribution in [2.45, 2.75) is 25.6 Å². The number of hydrogen-bond acceptors (Lipinski definition) is 7. The van der Waals surface area contributed by atoms with E-state index in [2.05, 4.69) is 18.2 Å². The van der Waals surface area contributed by atoms with Gasteiger partial charge in [0.05, 0.1) is 39.7 Å². The van der Waals surface area contributed by atoms with E-state index < -0.39 is 6.23 Å². The molecule has 0 aliphatic carbocycles. The fourth-order valence-electron chi connectivity index (χ4n) is 4.56. The second-order valence-corrected chi connectivity index (χ2v) is 8.07. The minimum Gasteiger partial charge on any atom is -0.494 e. The maximum absolute atomic E-state index is 6.54. The van der Waals surface area contributed by atoms with Crippen LogP contribution in [0.25, 0.3) is 0 Å². The van der Waals surface area contributed by atoms with Gasteiger partial charge in [0.2, 0.25) is 6.23 Å². The molecule has 2 heterocycles. The van der Waals surface area contributed by atoms with Gasteiger partial charge in [-0.2, -0.15) is 5.10 Å².